The van der Waals surface area contributed by atoms with E-state index >= 15 is 0 Å². The molecule has 5 N–H and O–H groups in total. The Labute approximate surface area is 109 Å². The lowest BCUT2D eigenvalue weighted by Gasteiger charge is -2.28. The normalized spacial score (nSPS) is 13.8. The van der Waals surface area contributed by atoms with Crippen molar-refractivity contribution in [3.8, 4) is 11.6 Å². The number of aromatic hydroxyl groups is 1. The van der Waals surface area contributed by atoms with Gasteiger partial charge in [-0.1, -0.05) is 0 Å². The van der Waals surface area contributed by atoms with Crippen molar-refractivity contribution in [1.82, 2.24) is 4.98 Å². The molecule has 0 atom stereocenters. The zero-order chi connectivity index (χ0) is 13.4. The standard InChI is InChI=1S/C13H14N4O2/c14-12(15)8-1-3-9(4-2-8)17-5-6-19-10-7-11(18)16-13(10)17/h1-4,7,16,18H,5-6H2,(H3,14,15). The second-order valence-corrected chi connectivity index (χ2v) is 4.33. The number of nitrogens with two attached hydrogens (primary N) is 1. The third kappa shape index (κ3) is 1.97. The van der Waals surface area contributed by atoms with Gasteiger partial charge in [-0.3, -0.25) is 5.41 Å². The van der Waals surface area contributed by atoms with Crippen molar-refractivity contribution in [2.24, 2.45) is 5.73 Å². The summed E-state index contributed by atoms with van der Waals surface area (Å²) in [6, 6.07) is 8.95. The molecule has 2 heterocycles. The summed E-state index contributed by atoms with van der Waals surface area (Å²) in [6.07, 6.45) is 0. The Morgan fingerprint density at radius 3 is 2.79 bits per heavy atom. The third-order valence-electron chi connectivity index (χ3n) is 3.08. The largest absolute Gasteiger partial charge is 0.494 e. The lowest BCUT2D eigenvalue weighted by atomic mass is 10.1. The average Bonchev–Trinajstić information content (AvgIpc) is 2.78. The molecule has 6 heteroatoms. The van der Waals surface area contributed by atoms with Crippen LogP contribution in [-0.2, 0) is 0 Å². The smallest absolute Gasteiger partial charge is 0.193 e. The van der Waals surface area contributed by atoms with Gasteiger partial charge in [0.2, 0.25) is 0 Å². The molecule has 0 saturated carbocycles. The summed E-state index contributed by atoms with van der Waals surface area (Å²) in [7, 11) is 0. The molecule has 2 aromatic rings. The molecular formula is C13H14N4O2. The van der Waals surface area contributed by atoms with Crippen LogP contribution < -0.4 is 15.4 Å². The van der Waals surface area contributed by atoms with Gasteiger partial charge >= 0.3 is 0 Å². The van der Waals surface area contributed by atoms with Gasteiger partial charge < -0.3 is 25.5 Å². The van der Waals surface area contributed by atoms with Gasteiger partial charge in [-0.15, -0.1) is 0 Å². The summed E-state index contributed by atoms with van der Waals surface area (Å²) in [5, 5.41) is 16.9. The number of nitrogens with zero attached hydrogens (tertiary/aromatic N) is 1. The van der Waals surface area contributed by atoms with Gasteiger partial charge in [0.15, 0.2) is 17.4 Å². The van der Waals surface area contributed by atoms with Crippen LogP contribution in [0.2, 0.25) is 0 Å². The average molecular weight is 258 g/mol. The van der Waals surface area contributed by atoms with E-state index in [1.54, 1.807) is 18.2 Å². The van der Waals surface area contributed by atoms with Gasteiger partial charge in [0, 0.05) is 17.3 Å². The molecule has 0 spiro atoms. The molecule has 0 fully saturated rings. The first-order chi connectivity index (χ1) is 9.15. The molecule has 1 aliphatic rings. The SMILES string of the molecule is N=C(N)c1ccc(N2CCOc3cc(O)[nH]c32)cc1. The van der Waals surface area contributed by atoms with Gasteiger partial charge in [-0.2, -0.15) is 0 Å². The van der Waals surface area contributed by atoms with Gasteiger partial charge in [0.1, 0.15) is 12.4 Å². The van der Waals surface area contributed by atoms with Gasteiger partial charge in [0.25, 0.3) is 0 Å². The highest BCUT2D eigenvalue weighted by molar-refractivity contribution is 5.95. The number of hydrogen-bond acceptors (Lipinski definition) is 4. The molecule has 1 aliphatic heterocycles. The fourth-order valence-corrected chi connectivity index (χ4v) is 2.16. The van der Waals surface area contributed by atoms with E-state index in [4.69, 9.17) is 15.9 Å². The predicted molar refractivity (Wildman–Crippen MR) is 72.4 cm³/mol. The number of aromatic amines is 1. The van der Waals surface area contributed by atoms with E-state index in [1.165, 1.54) is 0 Å². The predicted octanol–water partition coefficient (Wildman–Crippen LogP) is 1.53. The van der Waals surface area contributed by atoms with E-state index in [2.05, 4.69) is 4.98 Å². The molecule has 0 radical (unpaired) electrons. The fraction of sp³-hybridized carbons (Fsp3) is 0.154. The van der Waals surface area contributed by atoms with Gasteiger partial charge in [0.05, 0.1) is 6.54 Å². The van der Waals surface area contributed by atoms with Crippen LogP contribution in [0.25, 0.3) is 0 Å². The summed E-state index contributed by atoms with van der Waals surface area (Å²) in [6.45, 7) is 1.24. The van der Waals surface area contributed by atoms with Crippen molar-refractivity contribution in [2.75, 3.05) is 18.1 Å². The lowest BCUT2D eigenvalue weighted by Crippen LogP contribution is -2.28. The number of aromatic nitrogens is 1. The van der Waals surface area contributed by atoms with E-state index < -0.39 is 0 Å². The third-order valence-corrected chi connectivity index (χ3v) is 3.08. The first kappa shape index (κ1) is 11.5. The summed E-state index contributed by atoms with van der Waals surface area (Å²) in [4.78, 5) is 4.89. The first-order valence-electron chi connectivity index (χ1n) is 5.92. The summed E-state index contributed by atoms with van der Waals surface area (Å²) >= 11 is 0. The Bertz CT molecular complexity index is 618. The van der Waals surface area contributed by atoms with Crippen LogP contribution in [0.15, 0.2) is 30.3 Å². The number of nitrogen functional groups attached to an aromatic ring is 1. The maximum absolute atomic E-state index is 9.50. The molecule has 1 aromatic carbocycles. The Morgan fingerprint density at radius 1 is 1.37 bits per heavy atom. The highest BCUT2D eigenvalue weighted by Gasteiger charge is 2.22. The molecule has 0 unspecified atom stereocenters. The van der Waals surface area contributed by atoms with Crippen molar-refractivity contribution >= 4 is 17.3 Å². The molecule has 0 aliphatic carbocycles. The lowest BCUT2D eigenvalue weighted by molar-refractivity contribution is 0.314. The van der Waals surface area contributed by atoms with Gasteiger partial charge in [-0.25, -0.2) is 0 Å². The zero-order valence-corrected chi connectivity index (χ0v) is 10.2. The van der Waals surface area contributed by atoms with Crippen LogP contribution in [-0.4, -0.2) is 29.1 Å². The van der Waals surface area contributed by atoms with Crippen molar-refractivity contribution in [3.63, 3.8) is 0 Å². The topological polar surface area (TPSA) is 98.4 Å². The molecular weight excluding hydrogens is 244 g/mol. The number of nitrogens with one attached hydrogen (secondary N) is 2. The minimum Gasteiger partial charge on any atom is -0.494 e. The minimum absolute atomic E-state index is 0.0479. The second-order valence-electron chi connectivity index (χ2n) is 4.33. The number of fused-ring (bicyclic) bond motifs is 1. The maximum atomic E-state index is 9.50. The Hall–Kier alpha value is -2.63. The first-order valence-corrected chi connectivity index (χ1v) is 5.92. The molecule has 0 saturated heterocycles. The van der Waals surface area contributed by atoms with Crippen molar-refractivity contribution in [3.05, 3.63) is 35.9 Å². The van der Waals surface area contributed by atoms with Crippen molar-refractivity contribution in [1.29, 1.82) is 5.41 Å². The molecule has 0 bridgehead atoms. The molecule has 3 rings (SSSR count). The van der Waals surface area contributed by atoms with Crippen LogP contribution in [0.5, 0.6) is 11.6 Å². The van der Waals surface area contributed by atoms with E-state index in [0.717, 1.165) is 11.5 Å². The van der Waals surface area contributed by atoms with E-state index in [9.17, 15) is 5.11 Å². The highest BCUT2D eigenvalue weighted by atomic mass is 16.5. The van der Waals surface area contributed by atoms with Gasteiger partial charge in [-0.05, 0) is 24.3 Å². The fourth-order valence-electron chi connectivity index (χ4n) is 2.16. The van der Waals surface area contributed by atoms with Crippen molar-refractivity contribution < 1.29 is 9.84 Å². The second kappa shape index (κ2) is 4.24. The summed E-state index contributed by atoms with van der Waals surface area (Å²) in [5.41, 5.74) is 7.07. The Morgan fingerprint density at radius 2 is 2.11 bits per heavy atom. The van der Waals surface area contributed by atoms with E-state index in [1.807, 2.05) is 17.0 Å². The number of anilines is 2. The zero-order valence-electron chi connectivity index (χ0n) is 10.2. The number of ether oxygens (including phenoxy) is 1. The summed E-state index contributed by atoms with van der Waals surface area (Å²) < 4.78 is 5.47. The molecule has 98 valence electrons. The van der Waals surface area contributed by atoms with Crippen LogP contribution in [0.3, 0.4) is 0 Å². The van der Waals surface area contributed by atoms with Crippen LogP contribution in [0.1, 0.15) is 5.56 Å². The number of H-pyrrole nitrogens is 1. The van der Waals surface area contributed by atoms with Crippen LogP contribution >= 0.6 is 0 Å². The number of benzene rings is 1. The molecule has 6 nitrogen and oxygen atoms in total. The monoisotopic (exact) mass is 258 g/mol. The maximum Gasteiger partial charge on any atom is 0.193 e. The Kier molecular flexibility index (Phi) is 2.56. The molecule has 1 aromatic heterocycles. The number of amidine groups is 1. The van der Waals surface area contributed by atoms with E-state index in [0.29, 0.717) is 24.5 Å². The number of rotatable bonds is 2. The number of hydrogen-bond donors (Lipinski definition) is 4. The molecule has 0 amide bonds. The summed E-state index contributed by atoms with van der Waals surface area (Å²) in [5.74, 6) is 1.50. The van der Waals surface area contributed by atoms with Crippen LogP contribution in [0.4, 0.5) is 11.5 Å². The van der Waals surface area contributed by atoms with E-state index in [-0.39, 0.29) is 11.7 Å². The Balaban J connectivity index is 1.96. The molecule has 19 heavy (non-hydrogen) atoms. The quantitative estimate of drug-likeness (QED) is 0.485. The highest BCUT2D eigenvalue weighted by Crippen LogP contribution is 2.38. The van der Waals surface area contributed by atoms with Crippen molar-refractivity contribution in [2.45, 2.75) is 0 Å². The minimum atomic E-state index is 0.0479. The van der Waals surface area contributed by atoms with Crippen LogP contribution in [0, 0.1) is 5.41 Å².